The highest BCUT2D eigenvalue weighted by Crippen LogP contribution is 2.17. The summed E-state index contributed by atoms with van der Waals surface area (Å²) in [5.41, 5.74) is 0.397. The van der Waals surface area contributed by atoms with Gasteiger partial charge < -0.3 is 9.84 Å². The fraction of sp³-hybridized carbons (Fsp3) is 0.286. The van der Waals surface area contributed by atoms with Crippen molar-refractivity contribution in [2.24, 2.45) is 0 Å². The number of carbonyl (C=O) groups excluding carboxylic acids is 2. The highest BCUT2D eigenvalue weighted by atomic mass is 32.2. The van der Waals surface area contributed by atoms with Crippen molar-refractivity contribution in [3.8, 4) is 0 Å². The molecule has 0 fully saturated rings. The number of rotatable bonds is 6. The molecule has 0 spiro atoms. The lowest BCUT2D eigenvalue weighted by Gasteiger charge is -2.19. The molecule has 7 nitrogen and oxygen atoms in total. The molecule has 1 amide bonds. The van der Waals surface area contributed by atoms with Gasteiger partial charge in [0.25, 0.3) is 5.91 Å². The van der Waals surface area contributed by atoms with Gasteiger partial charge in [0.15, 0.2) is 0 Å². The van der Waals surface area contributed by atoms with Crippen LogP contribution in [0.2, 0.25) is 0 Å². The van der Waals surface area contributed by atoms with E-state index in [0.29, 0.717) is 11.6 Å². The first-order valence-corrected chi connectivity index (χ1v) is 7.82. The van der Waals surface area contributed by atoms with E-state index in [9.17, 15) is 23.3 Å². The quantitative estimate of drug-likeness (QED) is 0.359. The first kappa shape index (κ1) is 18.8. The minimum Gasteiger partial charge on any atom is -0.502 e. The second-order valence-corrected chi connectivity index (χ2v) is 5.63. The number of esters is 1. The maximum Gasteiger partial charge on any atom is 0.373 e. The fourth-order valence-corrected chi connectivity index (χ4v) is 2.45. The van der Waals surface area contributed by atoms with Crippen LogP contribution < -0.4 is 0 Å². The van der Waals surface area contributed by atoms with Crippen molar-refractivity contribution < 1.29 is 32.9 Å². The van der Waals surface area contributed by atoms with Gasteiger partial charge >= 0.3 is 5.97 Å². The molecule has 23 heavy (non-hydrogen) atoms. The number of amides is 1. The molecule has 0 aliphatic rings. The monoisotopic (exact) mass is 345 g/mol. The molecule has 0 heterocycles. The predicted octanol–water partition coefficient (Wildman–Crippen LogP) is 1.07. The number of hydrogen-bond donors (Lipinski definition) is 1. The Bertz CT molecular complexity index is 661. The summed E-state index contributed by atoms with van der Waals surface area (Å²) in [6.07, 6.45) is 2.00. The predicted molar refractivity (Wildman–Crippen MR) is 79.0 cm³/mol. The second kappa shape index (κ2) is 8.39. The fourth-order valence-electron chi connectivity index (χ4n) is 1.67. The van der Waals surface area contributed by atoms with Crippen molar-refractivity contribution in [3.05, 3.63) is 41.4 Å². The number of hydrogen-bond acceptors (Lipinski definition) is 6. The summed E-state index contributed by atoms with van der Waals surface area (Å²) < 4.78 is 29.2. The number of aliphatic hydroxyl groups excluding tert-OH is 1. The largest absolute Gasteiger partial charge is 0.502 e. The van der Waals surface area contributed by atoms with E-state index in [4.69, 9.17) is 4.84 Å². The van der Waals surface area contributed by atoms with E-state index in [1.54, 1.807) is 0 Å². The van der Waals surface area contributed by atoms with Crippen LogP contribution in [-0.4, -0.2) is 46.7 Å². The summed E-state index contributed by atoms with van der Waals surface area (Å²) >= 11 is 0. The van der Waals surface area contributed by atoms with E-state index in [-0.39, 0.29) is 11.4 Å². The van der Waals surface area contributed by atoms with Crippen molar-refractivity contribution in [2.45, 2.75) is 11.4 Å². The second-order valence-electron chi connectivity index (χ2n) is 4.28. The zero-order valence-corrected chi connectivity index (χ0v) is 13.6. The molecule has 0 saturated heterocycles. The molecular formula is C14H16FNO6S. The van der Waals surface area contributed by atoms with Gasteiger partial charge in [-0.3, -0.25) is 13.8 Å². The lowest BCUT2D eigenvalue weighted by atomic mass is 10.2. The Morgan fingerprint density at radius 1 is 1.39 bits per heavy atom. The number of carbonyl (C=O) groups is 2. The molecule has 126 valence electrons. The first-order chi connectivity index (χ1) is 10.8. The molecule has 1 N–H and O–H groups in total. The van der Waals surface area contributed by atoms with Crippen molar-refractivity contribution in [1.29, 1.82) is 0 Å². The van der Waals surface area contributed by atoms with Crippen LogP contribution in [0.4, 0.5) is 4.39 Å². The standard InChI is InChI=1S/C14H16FNO6S/c1-21-14(19)11(17)7-13(18)16(22-2)8-9-4-5-10(15)6-12(9)23(3)20/h4-7,17H,8H2,1-3H3/b11-7-. The molecule has 9 heteroatoms. The molecule has 0 saturated carbocycles. The number of aliphatic hydroxyl groups is 1. The van der Waals surface area contributed by atoms with Gasteiger partial charge in [-0.25, -0.2) is 14.2 Å². The lowest BCUT2D eigenvalue weighted by molar-refractivity contribution is -0.174. The number of benzene rings is 1. The number of halogens is 1. The van der Waals surface area contributed by atoms with E-state index in [2.05, 4.69) is 4.74 Å². The van der Waals surface area contributed by atoms with Crippen LogP contribution in [0.1, 0.15) is 5.56 Å². The van der Waals surface area contributed by atoms with Gasteiger partial charge in [0.05, 0.1) is 37.6 Å². The van der Waals surface area contributed by atoms with Gasteiger partial charge in [-0.05, 0) is 17.7 Å². The van der Waals surface area contributed by atoms with Gasteiger partial charge in [-0.2, -0.15) is 0 Å². The Kier molecular flexibility index (Phi) is 6.86. The molecule has 1 aromatic rings. The number of hydroxylamine groups is 2. The van der Waals surface area contributed by atoms with Gasteiger partial charge in [0.2, 0.25) is 5.76 Å². The van der Waals surface area contributed by atoms with Gasteiger partial charge in [0.1, 0.15) is 5.82 Å². The Hall–Kier alpha value is -2.26. The van der Waals surface area contributed by atoms with E-state index in [1.165, 1.54) is 19.4 Å². The molecule has 1 atom stereocenters. The maximum atomic E-state index is 13.2. The smallest absolute Gasteiger partial charge is 0.373 e. The molecule has 0 radical (unpaired) electrons. The number of nitrogens with zero attached hydrogens (tertiary/aromatic N) is 1. The van der Waals surface area contributed by atoms with Crippen LogP contribution in [-0.2, 0) is 36.5 Å². The topological polar surface area (TPSA) is 93.1 Å². The van der Waals surface area contributed by atoms with Crippen molar-refractivity contribution in [1.82, 2.24) is 5.06 Å². The molecular weight excluding hydrogens is 329 g/mol. The third kappa shape index (κ3) is 5.15. The zero-order chi connectivity index (χ0) is 17.6. The molecule has 1 unspecified atom stereocenters. The van der Waals surface area contributed by atoms with Gasteiger partial charge in [-0.1, -0.05) is 6.07 Å². The van der Waals surface area contributed by atoms with Gasteiger partial charge in [-0.15, -0.1) is 0 Å². The third-order valence-electron chi connectivity index (χ3n) is 2.77. The summed E-state index contributed by atoms with van der Waals surface area (Å²) in [7, 11) is 0.775. The van der Waals surface area contributed by atoms with Crippen LogP contribution in [0.5, 0.6) is 0 Å². The van der Waals surface area contributed by atoms with Crippen molar-refractivity contribution in [2.75, 3.05) is 20.5 Å². The molecule has 0 bridgehead atoms. The Morgan fingerprint density at radius 2 is 2.04 bits per heavy atom. The minimum absolute atomic E-state index is 0.157. The highest BCUT2D eigenvalue weighted by molar-refractivity contribution is 7.84. The average molecular weight is 345 g/mol. The number of methoxy groups -OCH3 is 1. The Labute approximate surface area is 134 Å². The van der Waals surface area contributed by atoms with Crippen LogP contribution in [0, 0.1) is 5.82 Å². The maximum absolute atomic E-state index is 13.2. The summed E-state index contributed by atoms with van der Waals surface area (Å²) in [4.78, 5) is 28.1. The normalized spacial score (nSPS) is 12.6. The number of ether oxygens (including phenoxy) is 1. The van der Waals surface area contributed by atoms with E-state index >= 15 is 0 Å². The average Bonchev–Trinajstić information content (AvgIpc) is 2.52. The van der Waals surface area contributed by atoms with E-state index < -0.39 is 34.3 Å². The van der Waals surface area contributed by atoms with Gasteiger partial charge in [0, 0.05) is 11.2 Å². The highest BCUT2D eigenvalue weighted by Gasteiger charge is 2.18. The molecule has 0 aromatic heterocycles. The molecule has 1 rings (SSSR count). The summed E-state index contributed by atoms with van der Waals surface area (Å²) in [5, 5.41) is 10.2. The van der Waals surface area contributed by atoms with Crippen LogP contribution in [0.3, 0.4) is 0 Å². The third-order valence-corrected chi connectivity index (χ3v) is 3.77. The van der Waals surface area contributed by atoms with Crippen molar-refractivity contribution in [3.63, 3.8) is 0 Å². The minimum atomic E-state index is -1.47. The first-order valence-electron chi connectivity index (χ1n) is 6.26. The summed E-state index contributed by atoms with van der Waals surface area (Å²) in [5.74, 6) is -3.37. The van der Waals surface area contributed by atoms with E-state index in [1.807, 2.05) is 0 Å². The Balaban J connectivity index is 3.03. The van der Waals surface area contributed by atoms with Crippen LogP contribution in [0.25, 0.3) is 0 Å². The van der Waals surface area contributed by atoms with Crippen LogP contribution in [0.15, 0.2) is 34.9 Å². The molecule has 0 aliphatic carbocycles. The molecule has 1 aromatic carbocycles. The summed E-state index contributed by atoms with van der Waals surface area (Å²) in [6.45, 7) is -0.157. The lowest BCUT2D eigenvalue weighted by Crippen LogP contribution is -2.29. The van der Waals surface area contributed by atoms with Crippen molar-refractivity contribution >= 4 is 22.7 Å². The van der Waals surface area contributed by atoms with E-state index in [0.717, 1.165) is 24.3 Å². The molecule has 0 aliphatic heterocycles. The van der Waals surface area contributed by atoms with Crippen LogP contribution >= 0.6 is 0 Å². The summed E-state index contributed by atoms with van der Waals surface area (Å²) in [6, 6.07) is 3.63. The Morgan fingerprint density at radius 3 is 2.57 bits per heavy atom. The SMILES string of the molecule is COC(=O)/C(O)=C/C(=O)N(Cc1ccc(F)cc1S(C)=O)OC. The zero-order valence-electron chi connectivity index (χ0n) is 12.7.